The Morgan fingerprint density at radius 3 is 2.75 bits per heavy atom. The van der Waals surface area contributed by atoms with Gasteiger partial charge in [0.05, 0.1) is 11.9 Å². The molecular weight excluding hydrogens is 261 g/mol. The van der Waals surface area contributed by atoms with E-state index in [0.717, 1.165) is 0 Å². The van der Waals surface area contributed by atoms with Crippen molar-refractivity contribution in [3.63, 3.8) is 0 Å². The van der Waals surface area contributed by atoms with Gasteiger partial charge >= 0.3 is 5.97 Å². The van der Waals surface area contributed by atoms with Crippen molar-refractivity contribution < 1.29 is 14.3 Å². The van der Waals surface area contributed by atoms with E-state index in [1.807, 2.05) is 13.8 Å². The highest BCUT2D eigenvalue weighted by atomic mass is 19.1. The molecule has 1 aromatic heterocycles. The Kier molecular flexibility index (Phi) is 3.93. The molecule has 20 heavy (non-hydrogen) atoms. The molecule has 0 saturated carbocycles. The van der Waals surface area contributed by atoms with E-state index in [1.54, 1.807) is 6.07 Å². The van der Waals surface area contributed by atoms with Crippen molar-refractivity contribution in [2.75, 3.05) is 5.32 Å². The fourth-order valence-corrected chi connectivity index (χ4v) is 1.65. The fourth-order valence-electron chi connectivity index (χ4n) is 1.65. The van der Waals surface area contributed by atoms with E-state index in [2.05, 4.69) is 15.3 Å². The van der Waals surface area contributed by atoms with Crippen molar-refractivity contribution in [2.45, 2.75) is 19.8 Å². The summed E-state index contributed by atoms with van der Waals surface area (Å²) in [7, 11) is 0. The largest absolute Gasteiger partial charge is 0.476 e. The molecule has 1 aromatic carbocycles. The first-order valence-electron chi connectivity index (χ1n) is 6.10. The Hall–Kier alpha value is -2.50. The van der Waals surface area contributed by atoms with Gasteiger partial charge < -0.3 is 10.4 Å². The topological polar surface area (TPSA) is 75.1 Å². The molecule has 1 heterocycles. The number of rotatable bonds is 4. The van der Waals surface area contributed by atoms with Gasteiger partial charge in [0.25, 0.3) is 0 Å². The number of hydrogen-bond donors (Lipinski definition) is 2. The first kappa shape index (κ1) is 13.9. The number of halogens is 1. The molecule has 5 nitrogen and oxygen atoms in total. The molecule has 2 rings (SSSR count). The second-order valence-electron chi connectivity index (χ2n) is 4.59. The standard InChI is InChI=1S/C14H14FN3O2/c1-8(2)13-16-7-11(12(18-13)14(19)20)17-10-5-3-4-9(15)6-10/h3-8,17H,1-2H3,(H,19,20). The number of carbonyl (C=O) groups is 1. The van der Waals surface area contributed by atoms with Gasteiger partial charge in [0.1, 0.15) is 11.6 Å². The monoisotopic (exact) mass is 275 g/mol. The molecule has 2 aromatic rings. The molecule has 0 aliphatic carbocycles. The lowest BCUT2D eigenvalue weighted by atomic mass is 10.2. The van der Waals surface area contributed by atoms with E-state index in [-0.39, 0.29) is 17.3 Å². The van der Waals surface area contributed by atoms with Gasteiger partial charge in [-0.25, -0.2) is 19.2 Å². The summed E-state index contributed by atoms with van der Waals surface area (Å²) in [6.45, 7) is 3.75. The Bertz CT molecular complexity index is 644. The average Bonchev–Trinajstić information content (AvgIpc) is 2.38. The van der Waals surface area contributed by atoms with Crippen LogP contribution < -0.4 is 5.32 Å². The maximum Gasteiger partial charge on any atom is 0.356 e. The maximum absolute atomic E-state index is 13.1. The van der Waals surface area contributed by atoms with Crippen LogP contribution in [-0.2, 0) is 0 Å². The van der Waals surface area contributed by atoms with Crippen LogP contribution in [0.4, 0.5) is 15.8 Å². The Morgan fingerprint density at radius 2 is 2.15 bits per heavy atom. The van der Waals surface area contributed by atoms with Crippen LogP contribution in [-0.4, -0.2) is 21.0 Å². The molecule has 104 valence electrons. The molecule has 0 aliphatic rings. The Morgan fingerprint density at radius 1 is 1.40 bits per heavy atom. The highest BCUT2D eigenvalue weighted by Gasteiger charge is 2.15. The first-order valence-corrected chi connectivity index (χ1v) is 6.10. The van der Waals surface area contributed by atoms with Crippen molar-refractivity contribution in [1.29, 1.82) is 0 Å². The Balaban J connectivity index is 2.38. The Labute approximate surface area is 115 Å². The SMILES string of the molecule is CC(C)c1ncc(Nc2cccc(F)c2)c(C(=O)O)n1. The van der Waals surface area contributed by atoms with Gasteiger partial charge in [0.2, 0.25) is 0 Å². The average molecular weight is 275 g/mol. The third-order valence-corrected chi connectivity index (χ3v) is 2.63. The summed E-state index contributed by atoms with van der Waals surface area (Å²) in [5.74, 6) is -1.09. The zero-order chi connectivity index (χ0) is 14.7. The van der Waals surface area contributed by atoms with Gasteiger partial charge in [-0.3, -0.25) is 0 Å². The molecule has 6 heteroatoms. The molecule has 2 N–H and O–H groups in total. The number of nitrogens with one attached hydrogen (secondary N) is 1. The molecular formula is C14H14FN3O2. The minimum absolute atomic E-state index is 0.0244. The highest BCUT2D eigenvalue weighted by Crippen LogP contribution is 2.21. The lowest BCUT2D eigenvalue weighted by Crippen LogP contribution is -2.10. The third kappa shape index (κ3) is 3.09. The van der Waals surface area contributed by atoms with Crippen LogP contribution in [0.1, 0.15) is 36.1 Å². The van der Waals surface area contributed by atoms with Crippen LogP contribution >= 0.6 is 0 Å². The summed E-state index contributed by atoms with van der Waals surface area (Å²) in [5.41, 5.74) is 0.536. The molecule has 0 spiro atoms. The summed E-state index contributed by atoms with van der Waals surface area (Å²) >= 11 is 0. The fraction of sp³-hybridized carbons (Fsp3) is 0.214. The second-order valence-corrected chi connectivity index (χ2v) is 4.59. The van der Waals surface area contributed by atoms with Crippen molar-refractivity contribution in [3.8, 4) is 0 Å². The maximum atomic E-state index is 13.1. The molecule has 0 fully saturated rings. The van der Waals surface area contributed by atoms with E-state index >= 15 is 0 Å². The molecule has 0 saturated heterocycles. The predicted octanol–water partition coefficient (Wildman–Crippen LogP) is 3.18. The number of aromatic carboxylic acids is 1. The van der Waals surface area contributed by atoms with E-state index in [0.29, 0.717) is 11.5 Å². The summed E-state index contributed by atoms with van der Waals surface area (Å²) in [6.07, 6.45) is 1.40. The van der Waals surface area contributed by atoms with E-state index in [9.17, 15) is 14.3 Å². The zero-order valence-electron chi connectivity index (χ0n) is 11.1. The number of aromatic nitrogens is 2. The van der Waals surface area contributed by atoms with Gasteiger partial charge in [0.15, 0.2) is 5.69 Å². The van der Waals surface area contributed by atoms with Crippen LogP contribution in [0.2, 0.25) is 0 Å². The van der Waals surface area contributed by atoms with Gasteiger partial charge in [-0.05, 0) is 18.2 Å². The van der Waals surface area contributed by atoms with Crippen molar-refractivity contribution in [3.05, 3.63) is 47.8 Å². The molecule has 0 unspecified atom stereocenters. The smallest absolute Gasteiger partial charge is 0.356 e. The predicted molar refractivity (Wildman–Crippen MR) is 72.8 cm³/mol. The van der Waals surface area contributed by atoms with Crippen LogP contribution in [0.5, 0.6) is 0 Å². The zero-order valence-corrected chi connectivity index (χ0v) is 11.1. The number of carboxylic acid groups (broad SMARTS) is 1. The van der Waals surface area contributed by atoms with E-state index < -0.39 is 11.8 Å². The lowest BCUT2D eigenvalue weighted by molar-refractivity contribution is 0.0691. The van der Waals surface area contributed by atoms with Gasteiger partial charge in [0, 0.05) is 11.6 Å². The van der Waals surface area contributed by atoms with Crippen LogP contribution in [0, 0.1) is 5.82 Å². The number of nitrogens with zero attached hydrogens (tertiary/aromatic N) is 2. The molecule has 0 amide bonds. The number of anilines is 2. The molecule has 0 radical (unpaired) electrons. The van der Waals surface area contributed by atoms with Crippen molar-refractivity contribution in [2.24, 2.45) is 0 Å². The van der Waals surface area contributed by atoms with Gasteiger partial charge in [-0.15, -0.1) is 0 Å². The number of carboxylic acids is 1. The van der Waals surface area contributed by atoms with Crippen LogP contribution in [0.25, 0.3) is 0 Å². The van der Waals surface area contributed by atoms with Crippen molar-refractivity contribution >= 4 is 17.3 Å². The van der Waals surface area contributed by atoms with Gasteiger partial charge in [-0.2, -0.15) is 0 Å². The number of hydrogen-bond acceptors (Lipinski definition) is 4. The molecule has 0 aliphatic heterocycles. The minimum atomic E-state index is -1.16. The van der Waals surface area contributed by atoms with E-state index in [4.69, 9.17) is 0 Å². The van der Waals surface area contributed by atoms with Crippen LogP contribution in [0.3, 0.4) is 0 Å². The third-order valence-electron chi connectivity index (χ3n) is 2.63. The van der Waals surface area contributed by atoms with Crippen molar-refractivity contribution in [1.82, 2.24) is 9.97 Å². The quantitative estimate of drug-likeness (QED) is 0.896. The van der Waals surface area contributed by atoms with E-state index in [1.165, 1.54) is 24.4 Å². The number of benzene rings is 1. The summed E-state index contributed by atoms with van der Waals surface area (Å²) in [4.78, 5) is 19.4. The molecule has 0 atom stereocenters. The summed E-state index contributed by atoms with van der Waals surface area (Å²) < 4.78 is 13.1. The first-order chi connectivity index (χ1) is 9.47. The lowest BCUT2D eigenvalue weighted by Gasteiger charge is -2.11. The highest BCUT2D eigenvalue weighted by molar-refractivity contribution is 5.92. The molecule has 0 bridgehead atoms. The van der Waals surface area contributed by atoms with Gasteiger partial charge in [-0.1, -0.05) is 19.9 Å². The van der Waals surface area contributed by atoms with Crippen LogP contribution in [0.15, 0.2) is 30.5 Å². The minimum Gasteiger partial charge on any atom is -0.476 e. The normalized spacial score (nSPS) is 10.6. The summed E-state index contributed by atoms with van der Waals surface area (Å²) in [6, 6.07) is 5.73. The second kappa shape index (κ2) is 5.64. The summed E-state index contributed by atoms with van der Waals surface area (Å²) in [5, 5.41) is 12.0.